The molecule has 0 aliphatic carbocycles. The summed E-state index contributed by atoms with van der Waals surface area (Å²) in [4.78, 5) is 37.9. The number of benzene rings is 3. The minimum atomic E-state index is -0.963. The minimum Gasteiger partial charge on any atom is -0.467 e. The van der Waals surface area contributed by atoms with Crippen molar-refractivity contribution in [2.24, 2.45) is 0 Å². The number of ether oxygens (including phenoxy) is 2. The van der Waals surface area contributed by atoms with Crippen molar-refractivity contribution in [2.75, 3.05) is 12.4 Å². The summed E-state index contributed by atoms with van der Waals surface area (Å²) >= 11 is 6.20. The second kappa shape index (κ2) is 12.3. The summed E-state index contributed by atoms with van der Waals surface area (Å²) in [7, 11) is 1.26. The average molecular weight is 548 g/mol. The summed E-state index contributed by atoms with van der Waals surface area (Å²) in [5, 5.41) is 9.84. The highest BCUT2D eigenvalue weighted by molar-refractivity contribution is 6.31. The highest BCUT2D eigenvalue weighted by Gasteiger charge is 2.25. The van der Waals surface area contributed by atoms with Crippen LogP contribution in [-0.2, 0) is 14.3 Å². The maximum absolute atomic E-state index is 12.9. The zero-order valence-corrected chi connectivity index (χ0v) is 22.2. The molecule has 2 unspecified atom stereocenters. The molecule has 2 atom stereocenters. The van der Waals surface area contributed by atoms with Gasteiger partial charge in [0.1, 0.15) is 17.5 Å². The number of nitrogens with zero attached hydrogens (tertiary/aromatic N) is 1. The van der Waals surface area contributed by atoms with Crippen LogP contribution in [0.4, 0.5) is 10.5 Å². The Kier molecular flexibility index (Phi) is 8.63. The van der Waals surface area contributed by atoms with Gasteiger partial charge in [0.2, 0.25) is 0 Å². The van der Waals surface area contributed by atoms with Crippen molar-refractivity contribution < 1.29 is 28.4 Å². The van der Waals surface area contributed by atoms with Crippen LogP contribution < -0.4 is 10.6 Å². The number of nitrogens with one attached hydrogen (secondary N) is 2. The molecule has 2 N–H and O–H groups in total. The maximum Gasteiger partial charge on any atom is 0.412 e. The summed E-state index contributed by atoms with van der Waals surface area (Å²) in [6.07, 6.45) is -1.30. The molecule has 39 heavy (non-hydrogen) atoms. The van der Waals surface area contributed by atoms with Crippen molar-refractivity contribution in [2.45, 2.75) is 26.0 Å². The van der Waals surface area contributed by atoms with Gasteiger partial charge in [0.05, 0.1) is 7.11 Å². The van der Waals surface area contributed by atoms with Crippen LogP contribution in [0.5, 0.6) is 0 Å². The van der Waals surface area contributed by atoms with Crippen LogP contribution in [0.1, 0.15) is 46.2 Å². The molecule has 0 spiro atoms. The number of aromatic nitrogens is 1. The number of carbonyl (C=O) groups is 3. The normalized spacial score (nSPS) is 12.2. The highest BCUT2D eigenvalue weighted by Crippen LogP contribution is 2.32. The molecule has 1 heterocycles. The first-order valence-electron chi connectivity index (χ1n) is 12.0. The predicted octanol–water partition coefficient (Wildman–Crippen LogP) is 6.26. The van der Waals surface area contributed by atoms with Gasteiger partial charge < -0.3 is 19.3 Å². The van der Waals surface area contributed by atoms with E-state index < -0.39 is 30.1 Å². The third kappa shape index (κ3) is 6.45. The molecule has 0 fully saturated rings. The third-order valence-corrected chi connectivity index (χ3v) is 6.32. The first-order valence-corrected chi connectivity index (χ1v) is 12.4. The smallest absolute Gasteiger partial charge is 0.412 e. The van der Waals surface area contributed by atoms with Crippen molar-refractivity contribution >= 4 is 35.3 Å². The molecular formula is C29H26ClN3O6. The van der Waals surface area contributed by atoms with Gasteiger partial charge in [-0.2, -0.15) is 0 Å². The lowest BCUT2D eigenvalue weighted by Crippen LogP contribution is -2.34. The van der Waals surface area contributed by atoms with Crippen LogP contribution in [0, 0.1) is 6.92 Å². The third-order valence-electron chi connectivity index (χ3n) is 5.97. The molecule has 0 radical (unpaired) electrons. The lowest BCUT2D eigenvalue weighted by Gasteiger charge is -2.17. The highest BCUT2D eigenvalue weighted by atomic mass is 35.5. The van der Waals surface area contributed by atoms with E-state index >= 15 is 0 Å². The molecule has 3 aromatic carbocycles. The summed E-state index contributed by atoms with van der Waals surface area (Å²) < 4.78 is 15.8. The van der Waals surface area contributed by atoms with Crippen LogP contribution in [0.2, 0.25) is 5.02 Å². The number of hydrogen-bond acceptors (Lipinski definition) is 7. The van der Waals surface area contributed by atoms with Gasteiger partial charge in [0.15, 0.2) is 11.8 Å². The van der Waals surface area contributed by atoms with Gasteiger partial charge in [-0.15, -0.1) is 0 Å². The standard InChI is InChI=1S/C29H26ClN3O6/c1-17-24(32-29(36)38-18(2)22-11-7-8-12-23(22)30)26(39-33-17)20-13-15-21(16-14-20)27(34)31-25(28(35)37-3)19-9-5-4-6-10-19/h4-16,18,25H,1-3H3,(H,31,34)(H,32,36). The van der Waals surface area contributed by atoms with E-state index in [1.807, 2.05) is 12.1 Å². The zero-order valence-electron chi connectivity index (χ0n) is 21.4. The Morgan fingerprint density at radius 1 is 0.949 bits per heavy atom. The van der Waals surface area contributed by atoms with Crippen LogP contribution in [0.25, 0.3) is 11.3 Å². The number of rotatable bonds is 8. The van der Waals surface area contributed by atoms with Gasteiger partial charge in [-0.3, -0.25) is 10.1 Å². The van der Waals surface area contributed by atoms with Gasteiger partial charge in [-0.25, -0.2) is 9.59 Å². The molecule has 0 bridgehead atoms. The van der Waals surface area contributed by atoms with Crippen molar-refractivity contribution in [1.82, 2.24) is 10.5 Å². The van der Waals surface area contributed by atoms with E-state index in [9.17, 15) is 14.4 Å². The molecule has 0 saturated heterocycles. The molecule has 2 amide bonds. The van der Waals surface area contributed by atoms with E-state index in [0.717, 1.165) is 0 Å². The van der Waals surface area contributed by atoms with Crippen molar-refractivity contribution in [1.29, 1.82) is 0 Å². The number of amides is 2. The van der Waals surface area contributed by atoms with Gasteiger partial charge in [-0.05, 0) is 37.6 Å². The monoisotopic (exact) mass is 547 g/mol. The molecule has 10 heteroatoms. The molecule has 200 valence electrons. The summed E-state index contributed by atoms with van der Waals surface area (Å²) in [5.74, 6) is -0.765. The largest absolute Gasteiger partial charge is 0.467 e. The molecule has 4 rings (SSSR count). The van der Waals surface area contributed by atoms with Crippen LogP contribution in [-0.4, -0.2) is 30.2 Å². The van der Waals surface area contributed by atoms with Gasteiger partial charge in [0.25, 0.3) is 5.91 Å². The maximum atomic E-state index is 12.9. The van der Waals surface area contributed by atoms with E-state index in [4.69, 9.17) is 25.6 Å². The SMILES string of the molecule is COC(=O)C(NC(=O)c1ccc(-c2onc(C)c2NC(=O)OC(C)c2ccccc2Cl)cc1)c1ccccc1. The Morgan fingerprint density at radius 3 is 2.28 bits per heavy atom. The van der Waals surface area contributed by atoms with Crippen molar-refractivity contribution in [3.8, 4) is 11.3 Å². The van der Waals surface area contributed by atoms with Crippen molar-refractivity contribution in [3.05, 3.63) is 106 Å². The Hall–Kier alpha value is -4.63. The number of methoxy groups -OCH3 is 1. The van der Waals surface area contributed by atoms with Crippen LogP contribution in [0.3, 0.4) is 0 Å². The van der Waals surface area contributed by atoms with E-state index in [1.54, 1.807) is 80.6 Å². The average Bonchev–Trinajstić information content (AvgIpc) is 3.31. The van der Waals surface area contributed by atoms with Gasteiger partial charge in [-0.1, -0.05) is 77.4 Å². The Labute approximate surface area is 230 Å². The van der Waals surface area contributed by atoms with Crippen LogP contribution >= 0.6 is 11.6 Å². The number of aryl methyl sites for hydroxylation is 1. The summed E-state index contributed by atoms with van der Waals surface area (Å²) in [6.45, 7) is 3.40. The van der Waals surface area contributed by atoms with Gasteiger partial charge in [0, 0.05) is 21.7 Å². The first kappa shape index (κ1) is 27.4. The Balaban J connectivity index is 1.47. The number of carbonyl (C=O) groups excluding carboxylic acids is 3. The minimum absolute atomic E-state index is 0.290. The lowest BCUT2D eigenvalue weighted by atomic mass is 10.0. The van der Waals surface area contributed by atoms with Crippen LogP contribution in [0.15, 0.2) is 83.4 Å². The van der Waals surface area contributed by atoms with Crippen molar-refractivity contribution in [3.63, 3.8) is 0 Å². The van der Waals surface area contributed by atoms with E-state index in [1.165, 1.54) is 7.11 Å². The first-order chi connectivity index (χ1) is 18.8. The Bertz CT molecular complexity index is 1470. The number of esters is 1. The van der Waals surface area contributed by atoms with Gasteiger partial charge >= 0.3 is 12.1 Å². The fourth-order valence-electron chi connectivity index (χ4n) is 3.90. The fourth-order valence-corrected chi connectivity index (χ4v) is 4.19. The zero-order chi connectivity index (χ0) is 27.9. The summed E-state index contributed by atoms with van der Waals surface area (Å²) in [6, 6.07) is 21.4. The topological polar surface area (TPSA) is 120 Å². The summed E-state index contributed by atoms with van der Waals surface area (Å²) in [5.41, 5.74) is 2.91. The fraction of sp³-hybridized carbons (Fsp3) is 0.172. The quantitative estimate of drug-likeness (QED) is 0.250. The molecule has 0 aliphatic rings. The molecular weight excluding hydrogens is 522 g/mol. The number of halogens is 1. The molecule has 0 aliphatic heterocycles. The lowest BCUT2D eigenvalue weighted by molar-refractivity contribution is -0.143. The second-order valence-corrected chi connectivity index (χ2v) is 8.99. The number of anilines is 1. The molecule has 9 nitrogen and oxygen atoms in total. The number of hydrogen-bond donors (Lipinski definition) is 2. The van der Waals surface area contributed by atoms with E-state index in [0.29, 0.717) is 44.4 Å². The molecule has 0 saturated carbocycles. The second-order valence-electron chi connectivity index (χ2n) is 8.58. The predicted molar refractivity (Wildman–Crippen MR) is 145 cm³/mol. The Morgan fingerprint density at radius 2 is 1.62 bits per heavy atom. The van der Waals surface area contributed by atoms with E-state index in [2.05, 4.69) is 15.8 Å². The van der Waals surface area contributed by atoms with E-state index in [-0.39, 0.29) is 0 Å². The molecule has 1 aromatic heterocycles. The molecule has 4 aromatic rings.